The highest BCUT2D eigenvalue weighted by molar-refractivity contribution is 6.03. The molecule has 1 amide bonds. The summed E-state index contributed by atoms with van der Waals surface area (Å²) in [6.07, 6.45) is 1.07. The monoisotopic (exact) mass is 343 g/mol. The lowest BCUT2D eigenvalue weighted by Crippen LogP contribution is -2.27. The zero-order chi connectivity index (χ0) is 18.4. The van der Waals surface area contributed by atoms with Gasteiger partial charge < -0.3 is 9.73 Å². The standard InChI is InChI=1S/C20H22FNO3/c1-11-17-15(23)9-20(3,4)10-16(17)25-18(11)19(24)22-12(2)13-6-5-7-14(21)8-13/h5-8,12H,9-10H2,1-4H3,(H,22,24). The van der Waals surface area contributed by atoms with E-state index in [4.69, 9.17) is 4.42 Å². The average Bonchev–Trinajstić information content (AvgIpc) is 2.82. The second-order valence-electron chi connectivity index (χ2n) is 7.55. The van der Waals surface area contributed by atoms with E-state index in [-0.39, 0.29) is 28.8 Å². The van der Waals surface area contributed by atoms with Gasteiger partial charge in [0.25, 0.3) is 5.91 Å². The summed E-state index contributed by atoms with van der Waals surface area (Å²) in [6, 6.07) is 5.72. The third-order valence-electron chi connectivity index (χ3n) is 4.68. The smallest absolute Gasteiger partial charge is 0.287 e. The van der Waals surface area contributed by atoms with Gasteiger partial charge in [-0.05, 0) is 37.0 Å². The summed E-state index contributed by atoms with van der Waals surface area (Å²) in [5.74, 6) is 0.0247. The summed E-state index contributed by atoms with van der Waals surface area (Å²) in [7, 11) is 0. The Morgan fingerprint density at radius 1 is 1.32 bits per heavy atom. The molecule has 0 fully saturated rings. The van der Waals surface area contributed by atoms with Gasteiger partial charge in [-0.15, -0.1) is 0 Å². The Morgan fingerprint density at radius 3 is 2.72 bits per heavy atom. The molecule has 4 nitrogen and oxygen atoms in total. The first-order valence-corrected chi connectivity index (χ1v) is 8.40. The molecule has 132 valence electrons. The third-order valence-corrected chi connectivity index (χ3v) is 4.68. The highest BCUT2D eigenvalue weighted by Gasteiger charge is 2.37. The Hall–Kier alpha value is -2.43. The molecule has 0 saturated carbocycles. The van der Waals surface area contributed by atoms with Crippen molar-refractivity contribution in [2.24, 2.45) is 5.41 Å². The number of ketones is 1. The molecule has 1 aromatic carbocycles. The lowest BCUT2D eigenvalue weighted by atomic mass is 9.76. The largest absolute Gasteiger partial charge is 0.455 e. The normalized spacial score (nSPS) is 17.1. The second kappa shape index (κ2) is 6.14. The number of furan rings is 1. The third kappa shape index (κ3) is 3.36. The highest BCUT2D eigenvalue weighted by Crippen LogP contribution is 2.38. The van der Waals surface area contributed by atoms with E-state index in [1.54, 1.807) is 26.0 Å². The molecule has 0 bridgehead atoms. The van der Waals surface area contributed by atoms with Crippen molar-refractivity contribution in [1.82, 2.24) is 5.32 Å². The van der Waals surface area contributed by atoms with Crippen molar-refractivity contribution in [2.75, 3.05) is 0 Å². The molecular weight excluding hydrogens is 321 g/mol. The van der Waals surface area contributed by atoms with Gasteiger partial charge in [0, 0.05) is 18.4 Å². The predicted molar refractivity (Wildman–Crippen MR) is 92.2 cm³/mol. The number of nitrogens with one attached hydrogen (secondary N) is 1. The van der Waals surface area contributed by atoms with Crippen LogP contribution in [0.5, 0.6) is 0 Å². The molecule has 1 unspecified atom stereocenters. The van der Waals surface area contributed by atoms with E-state index < -0.39 is 5.91 Å². The van der Waals surface area contributed by atoms with E-state index in [1.807, 2.05) is 13.8 Å². The number of carbonyl (C=O) groups excluding carboxylic acids is 2. The highest BCUT2D eigenvalue weighted by atomic mass is 19.1. The molecule has 1 N–H and O–H groups in total. The molecule has 25 heavy (non-hydrogen) atoms. The van der Waals surface area contributed by atoms with Crippen LogP contribution < -0.4 is 5.32 Å². The molecule has 1 heterocycles. The van der Waals surface area contributed by atoms with E-state index >= 15 is 0 Å². The van der Waals surface area contributed by atoms with Crippen molar-refractivity contribution < 1.29 is 18.4 Å². The Kier molecular flexibility index (Phi) is 4.27. The SMILES string of the molecule is Cc1c(C(=O)NC(C)c2cccc(F)c2)oc2c1C(=O)CC(C)(C)C2. The molecule has 1 aromatic heterocycles. The number of rotatable bonds is 3. The number of halogens is 1. The predicted octanol–water partition coefficient (Wildman–Crippen LogP) is 4.37. The number of carbonyl (C=O) groups is 2. The Morgan fingerprint density at radius 2 is 2.04 bits per heavy atom. The van der Waals surface area contributed by atoms with Crippen LogP contribution in [0.1, 0.15) is 71.0 Å². The number of fused-ring (bicyclic) bond motifs is 1. The second-order valence-corrected chi connectivity index (χ2v) is 7.55. The maximum atomic E-state index is 13.4. The molecule has 0 aliphatic heterocycles. The fourth-order valence-corrected chi connectivity index (χ4v) is 3.42. The van der Waals surface area contributed by atoms with Crippen molar-refractivity contribution in [3.8, 4) is 0 Å². The molecular formula is C20H22FNO3. The van der Waals surface area contributed by atoms with Gasteiger partial charge in [-0.25, -0.2) is 4.39 Å². The van der Waals surface area contributed by atoms with Crippen molar-refractivity contribution in [3.05, 3.63) is 58.3 Å². The van der Waals surface area contributed by atoms with Crippen molar-refractivity contribution in [1.29, 1.82) is 0 Å². The maximum absolute atomic E-state index is 13.4. The summed E-state index contributed by atoms with van der Waals surface area (Å²) >= 11 is 0. The Labute approximate surface area is 146 Å². The van der Waals surface area contributed by atoms with E-state index in [2.05, 4.69) is 5.32 Å². The molecule has 3 rings (SSSR count). The van der Waals surface area contributed by atoms with Gasteiger partial charge in [-0.1, -0.05) is 26.0 Å². The fraction of sp³-hybridized carbons (Fsp3) is 0.400. The molecule has 1 aliphatic rings. The fourth-order valence-electron chi connectivity index (χ4n) is 3.42. The molecule has 5 heteroatoms. The van der Waals surface area contributed by atoms with Crippen LogP contribution in [-0.2, 0) is 6.42 Å². The average molecular weight is 343 g/mol. The van der Waals surface area contributed by atoms with Gasteiger partial charge in [-0.3, -0.25) is 9.59 Å². The van der Waals surface area contributed by atoms with Crippen LogP contribution >= 0.6 is 0 Å². The molecule has 1 atom stereocenters. The lowest BCUT2D eigenvalue weighted by molar-refractivity contribution is 0.0883. The van der Waals surface area contributed by atoms with Gasteiger partial charge in [0.05, 0.1) is 11.6 Å². The van der Waals surface area contributed by atoms with Crippen LogP contribution in [0.15, 0.2) is 28.7 Å². The summed E-state index contributed by atoms with van der Waals surface area (Å²) in [5.41, 5.74) is 1.62. The molecule has 2 aromatic rings. The first-order chi connectivity index (χ1) is 11.7. The number of hydrogen-bond donors (Lipinski definition) is 1. The van der Waals surface area contributed by atoms with Crippen LogP contribution in [-0.4, -0.2) is 11.7 Å². The summed E-state index contributed by atoms with van der Waals surface area (Å²) < 4.78 is 19.1. The zero-order valence-corrected chi connectivity index (χ0v) is 14.9. The van der Waals surface area contributed by atoms with Crippen molar-refractivity contribution in [2.45, 2.75) is 46.6 Å². The van der Waals surface area contributed by atoms with Crippen LogP contribution in [0.2, 0.25) is 0 Å². The van der Waals surface area contributed by atoms with Crippen molar-refractivity contribution >= 4 is 11.7 Å². The van der Waals surface area contributed by atoms with Crippen molar-refractivity contribution in [3.63, 3.8) is 0 Å². The summed E-state index contributed by atoms with van der Waals surface area (Å²) in [5, 5.41) is 2.81. The minimum atomic E-state index is -0.394. The molecule has 0 radical (unpaired) electrons. The van der Waals surface area contributed by atoms with E-state index in [1.165, 1.54) is 12.1 Å². The van der Waals surface area contributed by atoms with Crippen LogP contribution in [0.4, 0.5) is 4.39 Å². The van der Waals surface area contributed by atoms with Gasteiger partial charge in [0.1, 0.15) is 11.6 Å². The van der Waals surface area contributed by atoms with E-state index in [0.717, 1.165) is 0 Å². The number of amides is 1. The molecule has 0 spiro atoms. The van der Waals surface area contributed by atoms with Crippen LogP contribution in [0, 0.1) is 18.2 Å². The van der Waals surface area contributed by atoms with Gasteiger partial charge in [-0.2, -0.15) is 0 Å². The Bertz CT molecular complexity index is 851. The first kappa shape index (κ1) is 17.4. The zero-order valence-electron chi connectivity index (χ0n) is 14.9. The van der Waals surface area contributed by atoms with Crippen LogP contribution in [0.3, 0.4) is 0 Å². The molecule has 0 saturated heterocycles. The first-order valence-electron chi connectivity index (χ1n) is 8.40. The molecule has 1 aliphatic carbocycles. The quantitative estimate of drug-likeness (QED) is 0.900. The number of hydrogen-bond acceptors (Lipinski definition) is 3. The van der Waals surface area contributed by atoms with Crippen LogP contribution in [0.25, 0.3) is 0 Å². The van der Waals surface area contributed by atoms with Gasteiger partial charge in [0.2, 0.25) is 0 Å². The van der Waals surface area contributed by atoms with Gasteiger partial charge in [0.15, 0.2) is 11.5 Å². The van der Waals surface area contributed by atoms with Gasteiger partial charge >= 0.3 is 0 Å². The topological polar surface area (TPSA) is 59.3 Å². The number of Topliss-reactive ketones (excluding diaryl/α,β-unsaturated/α-hetero) is 1. The number of benzene rings is 1. The Balaban J connectivity index is 1.85. The lowest BCUT2D eigenvalue weighted by Gasteiger charge is -2.27. The minimum absolute atomic E-state index is 0.0183. The summed E-state index contributed by atoms with van der Waals surface area (Å²) in [4.78, 5) is 25.0. The maximum Gasteiger partial charge on any atom is 0.287 e. The van der Waals surface area contributed by atoms with E-state index in [0.29, 0.717) is 35.3 Å². The minimum Gasteiger partial charge on any atom is -0.455 e. The summed E-state index contributed by atoms with van der Waals surface area (Å²) in [6.45, 7) is 7.54. The van der Waals surface area contributed by atoms with E-state index in [9.17, 15) is 14.0 Å².